The fourth-order valence-corrected chi connectivity index (χ4v) is 1.89. The largest absolute Gasteiger partial charge is 0.300 e. The summed E-state index contributed by atoms with van der Waals surface area (Å²) < 4.78 is 1.07. The number of hydrogen-bond acceptors (Lipinski definition) is 1. The summed E-state index contributed by atoms with van der Waals surface area (Å²) in [6, 6.07) is 4.11. The first-order valence-corrected chi connectivity index (χ1v) is 5.05. The standard InChI is InChI=1S/C11H13BrO/c1-7-4-5-8(2)11(12)10(7)6-9(3)13/h4-5H,6H2,1-3H3. The molecule has 0 spiro atoms. The van der Waals surface area contributed by atoms with Gasteiger partial charge in [-0.3, -0.25) is 4.79 Å². The highest BCUT2D eigenvalue weighted by Crippen LogP contribution is 2.24. The second-order valence-electron chi connectivity index (χ2n) is 3.37. The number of halogens is 1. The number of Topliss-reactive ketones (excluding diaryl/α,β-unsaturated/α-hetero) is 1. The zero-order chi connectivity index (χ0) is 10.0. The van der Waals surface area contributed by atoms with E-state index in [0.29, 0.717) is 6.42 Å². The number of ketones is 1. The third-order valence-electron chi connectivity index (χ3n) is 2.10. The normalized spacial score (nSPS) is 10.2. The first-order valence-electron chi connectivity index (χ1n) is 4.26. The van der Waals surface area contributed by atoms with Crippen LogP contribution in [0, 0.1) is 13.8 Å². The van der Waals surface area contributed by atoms with E-state index in [1.54, 1.807) is 6.92 Å². The molecule has 0 N–H and O–H groups in total. The molecule has 70 valence electrons. The molecule has 0 heterocycles. The molecule has 0 unspecified atom stereocenters. The van der Waals surface area contributed by atoms with E-state index < -0.39 is 0 Å². The topological polar surface area (TPSA) is 17.1 Å². The summed E-state index contributed by atoms with van der Waals surface area (Å²) in [6.07, 6.45) is 0.522. The lowest BCUT2D eigenvalue weighted by Gasteiger charge is -2.08. The number of carbonyl (C=O) groups is 1. The fourth-order valence-electron chi connectivity index (χ4n) is 1.30. The number of rotatable bonds is 2. The van der Waals surface area contributed by atoms with E-state index in [1.807, 2.05) is 13.8 Å². The van der Waals surface area contributed by atoms with Crippen molar-refractivity contribution in [3.05, 3.63) is 33.3 Å². The maximum Gasteiger partial charge on any atom is 0.134 e. The molecule has 0 aliphatic heterocycles. The van der Waals surface area contributed by atoms with E-state index in [1.165, 1.54) is 11.1 Å². The Balaban J connectivity index is 3.17. The van der Waals surface area contributed by atoms with Crippen LogP contribution in [0.5, 0.6) is 0 Å². The molecule has 0 aliphatic rings. The smallest absolute Gasteiger partial charge is 0.134 e. The van der Waals surface area contributed by atoms with Gasteiger partial charge in [0.05, 0.1) is 0 Å². The molecule has 0 amide bonds. The second kappa shape index (κ2) is 4.05. The Morgan fingerprint density at radius 3 is 2.38 bits per heavy atom. The van der Waals surface area contributed by atoms with Gasteiger partial charge >= 0.3 is 0 Å². The summed E-state index contributed by atoms with van der Waals surface area (Å²) >= 11 is 3.51. The third kappa shape index (κ3) is 2.41. The summed E-state index contributed by atoms with van der Waals surface area (Å²) in [5.41, 5.74) is 3.47. The third-order valence-corrected chi connectivity index (χ3v) is 3.20. The van der Waals surface area contributed by atoms with Crippen molar-refractivity contribution in [1.29, 1.82) is 0 Å². The monoisotopic (exact) mass is 240 g/mol. The minimum absolute atomic E-state index is 0.203. The van der Waals surface area contributed by atoms with E-state index in [2.05, 4.69) is 28.1 Å². The number of carbonyl (C=O) groups excluding carboxylic acids is 1. The van der Waals surface area contributed by atoms with Gasteiger partial charge in [0.1, 0.15) is 5.78 Å². The molecular weight excluding hydrogens is 228 g/mol. The van der Waals surface area contributed by atoms with Crippen molar-refractivity contribution in [2.45, 2.75) is 27.2 Å². The quantitative estimate of drug-likeness (QED) is 0.777. The van der Waals surface area contributed by atoms with Crippen LogP contribution in [0.4, 0.5) is 0 Å². The SMILES string of the molecule is CC(=O)Cc1c(C)ccc(C)c1Br. The second-order valence-corrected chi connectivity index (χ2v) is 4.16. The van der Waals surface area contributed by atoms with Crippen molar-refractivity contribution in [2.75, 3.05) is 0 Å². The lowest BCUT2D eigenvalue weighted by molar-refractivity contribution is -0.116. The van der Waals surface area contributed by atoms with Gasteiger partial charge < -0.3 is 0 Å². The highest BCUT2D eigenvalue weighted by molar-refractivity contribution is 9.10. The van der Waals surface area contributed by atoms with Crippen molar-refractivity contribution in [2.24, 2.45) is 0 Å². The van der Waals surface area contributed by atoms with Crippen molar-refractivity contribution in [1.82, 2.24) is 0 Å². The maximum atomic E-state index is 11.0. The van der Waals surface area contributed by atoms with Gasteiger partial charge in [-0.1, -0.05) is 28.1 Å². The van der Waals surface area contributed by atoms with Gasteiger partial charge in [0.15, 0.2) is 0 Å². The van der Waals surface area contributed by atoms with Gasteiger partial charge in [0.25, 0.3) is 0 Å². The van der Waals surface area contributed by atoms with E-state index in [-0.39, 0.29) is 5.78 Å². The minimum Gasteiger partial charge on any atom is -0.300 e. The van der Waals surface area contributed by atoms with Gasteiger partial charge in [0.2, 0.25) is 0 Å². The predicted molar refractivity (Wildman–Crippen MR) is 58.0 cm³/mol. The number of benzene rings is 1. The van der Waals surface area contributed by atoms with Gasteiger partial charge in [-0.15, -0.1) is 0 Å². The maximum absolute atomic E-state index is 11.0. The van der Waals surface area contributed by atoms with Crippen molar-refractivity contribution in [3.8, 4) is 0 Å². The van der Waals surface area contributed by atoms with Crippen LogP contribution < -0.4 is 0 Å². The average Bonchev–Trinajstić information content (AvgIpc) is 2.05. The average molecular weight is 241 g/mol. The Bertz CT molecular complexity index is 342. The van der Waals surface area contributed by atoms with Crippen molar-refractivity contribution < 1.29 is 4.79 Å². The molecule has 0 bridgehead atoms. The van der Waals surface area contributed by atoms with Crippen LogP contribution >= 0.6 is 15.9 Å². The molecule has 0 aromatic heterocycles. The summed E-state index contributed by atoms with van der Waals surface area (Å²) in [4.78, 5) is 11.0. The summed E-state index contributed by atoms with van der Waals surface area (Å²) in [5.74, 6) is 0.203. The van der Waals surface area contributed by atoms with Gasteiger partial charge in [-0.05, 0) is 37.5 Å². The molecule has 0 saturated heterocycles. The summed E-state index contributed by atoms with van der Waals surface area (Å²) in [6.45, 7) is 5.68. The predicted octanol–water partition coefficient (Wildman–Crippen LogP) is 3.20. The van der Waals surface area contributed by atoms with Gasteiger partial charge in [-0.25, -0.2) is 0 Å². The molecule has 2 heteroatoms. The molecule has 1 nitrogen and oxygen atoms in total. The Hall–Kier alpha value is -0.630. The Morgan fingerprint density at radius 2 is 1.85 bits per heavy atom. The lowest BCUT2D eigenvalue weighted by atomic mass is 10.0. The molecule has 0 fully saturated rings. The first kappa shape index (κ1) is 10.5. The number of hydrogen-bond donors (Lipinski definition) is 0. The Morgan fingerprint density at radius 1 is 1.31 bits per heavy atom. The molecule has 13 heavy (non-hydrogen) atoms. The van der Waals surface area contributed by atoms with Crippen LogP contribution in [0.25, 0.3) is 0 Å². The van der Waals surface area contributed by atoms with E-state index >= 15 is 0 Å². The van der Waals surface area contributed by atoms with E-state index in [0.717, 1.165) is 10.0 Å². The van der Waals surface area contributed by atoms with E-state index in [9.17, 15) is 4.79 Å². The Labute approximate surface area is 87.3 Å². The Kier molecular flexibility index (Phi) is 3.26. The van der Waals surface area contributed by atoms with Crippen LogP contribution in [0.15, 0.2) is 16.6 Å². The molecule has 1 rings (SSSR count). The van der Waals surface area contributed by atoms with Gasteiger partial charge in [-0.2, -0.15) is 0 Å². The zero-order valence-electron chi connectivity index (χ0n) is 8.15. The molecule has 0 aliphatic carbocycles. The van der Waals surface area contributed by atoms with Crippen molar-refractivity contribution in [3.63, 3.8) is 0 Å². The molecule has 0 saturated carbocycles. The van der Waals surface area contributed by atoms with Crippen LogP contribution in [-0.4, -0.2) is 5.78 Å². The van der Waals surface area contributed by atoms with E-state index in [4.69, 9.17) is 0 Å². The number of aryl methyl sites for hydroxylation is 2. The zero-order valence-corrected chi connectivity index (χ0v) is 9.73. The fraction of sp³-hybridized carbons (Fsp3) is 0.364. The minimum atomic E-state index is 0.203. The lowest BCUT2D eigenvalue weighted by Crippen LogP contribution is -2.00. The molecule has 0 atom stereocenters. The molecule has 1 aromatic rings. The molecule has 0 radical (unpaired) electrons. The molecule has 1 aromatic carbocycles. The highest BCUT2D eigenvalue weighted by atomic mass is 79.9. The van der Waals surface area contributed by atoms with Gasteiger partial charge in [0, 0.05) is 10.9 Å². The van der Waals surface area contributed by atoms with Crippen molar-refractivity contribution >= 4 is 21.7 Å². The van der Waals surface area contributed by atoms with Crippen LogP contribution in [0.1, 0.15) is 23.6 Å². The van der Waals surface area contributed by atoms with Crippen LogP contribution in [0.2, 0.25) is 0 Å². The van der Waals surface area contributed by atoms with Crippen LogP contribution in [0.3, 0.4) is 0 Å². The van der Waals surface area contributed by atoms with Crippen LogP contribution in [-0.2, 0) is 11.2 Å². The molecular formula is C11H13BrO. The first-order chi connectivity index (χ1) is 6.02. The summed E-state index contributed by atoms with van der Waals surface area (Å²) in [5, 5.41) is 0. The highest BCUT2D eigenvalue weighted by Gasteiger charge is 2.07. The summed E-state index contributed by atoms with van der Waals surface area (Å²) in [7, 11) is 0.